The highest BCUT2D eigenvalue weighted by molar-refractivity contribution is 5.97. The summed E-state index contributed by atoms with van der Waals surface area (Å²) in [4.78, 5) is 24.3. The SMILES string of the molecule is CC(C)C=C(C#N)C(=O)N1CCC[C@H]1Cn1ccc2c(N)nc(-c3ccc(Oc4ccccc4)cc3)nc21. The van der Waals surface area contributed by atoms with Crippen molar-refractivity contribution in [3.8, 4) is 29.0 Å². The third kappa shape index (κ3) is 5.23. The number of carbonyl (C=O) groups excluding carboxylic acids is 1. The lowest BCUT2D eigenvalue weighted by molar-refractivity contribution is -0.127. The number of likely N-dealkylation sites (tertiary alicyclic amines) is 1. The van der Waals surface area contributed by atoms with Crippen LogP contribution in [0.1, 0.15) is 26.7 Å². The molecule has 0 unspecified atom stereocenters. The number of benzene rings is 2. The quantitative estimate of drug-likeness (QED) is 0.259. The Morgan fingerprint density at radius 2 is 1.87 bits per heavy atom. The molecule has 1 amide bonds. The average Bonchev–Trinajstić information content (AvgIpc) is 3.55. The van der Waals surface area contributed by atoms with Gasteiger partial charge in [0, 0.05) is 24.8 Å². The van der Waals surface area contributed by atoms with Crippen LogP contribution in [0.2, 0.25) is 0 Å². The maximum atomic E-state index is 13.1. The molecule has 2 aromatic heterocycles. The average molecular weight is 507 g/mol. The number of fused-ring (bicyclic) bond motifs is 1. The molecule has 3 heterocycles. The maximum Gasteiger partial charge on any atom is 0.264 e. The molecule has 0 aliphatic carbocycles. The molecule has 1 aliphatic rings. The molecule has 0 spiro atoms. The summed E-state index contributed by atoms with van der Waals surface area (Å²) in [6, 6.07) is 21.1. The molecule has 1 fully saturated rings. The molecule has 192 valence electrons. The van der Waals surface area contributed by atoms with E-state index in [1.807, 2.05) is 90.2 Å². The number of hydrogen-bond donors (Lipinski definition) is 1. The van der Waals surface area contributed by atoms with Crippen LogP contribution in [-0.4, -0.2) is 37.9 Å². The van der Waals surface area contributed by atoms with Gasteiger partial charge < -0.3 is 19.9 Å². The van der Waals surface area contributed by atoms with Crippen molar-refractivity contribution in [3.63, 3.8) is 0 Å². The first-order valence-corrected chi connectivity index (χ1v) is 12.8. The predicted octanol–water partition coefficient (Wildman–Crippen LogP) is 5.57. The highest BCUT2D eigenvalue weighted by Crippen LogP contribution is 2.29. The Hall–Kier alpha value is -4.64. The van der Waals surface area contributed by atoms with Crippen LogP contribution in [0.5, 0.6) is 11.5 Å². The number of nitrogen functional groups attached to an aromatic ring is 1. The van der Waals surface area contributed by atoms with Gasteiger partial charge in [0.05, 0.1) is 11.4 Å². The largest absolute Gasteiger partial charge is 0.457 e. The highest BCUT2D eigenvalue weighted by Gasteiger charge is 2.31. The van der Waals surface area contributed by atoms with Crippen LogP contribution < -0.4 is 10.5 Å². The number of allylic oxidation sites excluding steroid dienone is 1. The van der Waals surface area contributed by atoms with Gasteiger partial charge in [-0.05, 0) is 61.2 Å². The Kier molecular flexibility index (Phi) is 7.09. The molecule has 1 saturated heterocycles. The van der Waals surface area contributed by atoms with Gasteiger partial charge in [-0.25, -0.2) is 9.97 Å². The Labute approximate surface area is 222 Å². The molecule has 0 saturated carbocycles. The lowest BCUT2D eigenvalue weighted by Gasteiger charge is -2.25. The summed E-state index contributed by atoms with van der Waals surface area (Å²) in [5.41, 5.74) is 8.08. The zero-order valence-corrected chi connectivity index (χ0v) is 21.5. The first kappa shape index (κ1) is 25.0. The van der Waals surface area contributed by atoms with Crippen LogP contribution in [0.4, 0.5) is 5.82 Å². The van der Waals surface area contributed by atoms with Crippen molar-refractivity contribution in [2.45, 2.75) is 39.3 Å². The zero-order chi connectivity index (χ0) is 26.6. The monoisotopic (exact) mass is 506 g/mol. The topological polar surface area (TPSA) is 110 Å². The van der Waals surface area contributed by atoms with E-state index in [1.54, 1.807) is 6.08 Å². The van der Waals surface area contributed by atoms with Crippen LogP contribution >= 0.6 is 0 Å². The number of para-hydroxylation sites is 1. The summed E-state index contributed by atoms with van der Waals surface area (Å²) in [5, 5.41) is 10.3. The molecule has 1 atom stereocenters. The standard InChI is InChI=1S/C30H30N6O2/c1-20(2)17-22(18-31)30(37)36-15-6-7-23(36)19-35-16-14-26-27(32)33-28(34-29(26)35)21-10-12-25(13-11-21)38-24-8-4-3-5-9-24/h3-5,8-14,16-17,20,23H,6-7,15,19H2,1-2H3,(H2,32,33,34)/t23-/m0/s1. The van der Waals surface area contributed by atoms with Crippen molar-refractivity contribution in [2.75, 3.05) is 12.3 Å². The van der Waals surface area contributed by atoms with Gasteiger partial charge in [-0.2, -0.15) is 5.26 Å². The molecule has 38 heavy (non-hydrogen) atoms. The minimum absolute atomic E-state index is 0.0314. The summed E-state index contributed by atoms with van der Waals surface area (Å²) in [5.74, 6) is 2.33. The number of aromatic nitrogens is 3. The second kappa shape index (κ2) is 10.8. The van der Waals surface area contributed by atoms with Gasteiger partial charge in [-0.3, -0.25) is 4.79 Å². The third-order valence-corrected chi connectivity index (χ3v) is 6.64. The van der Waals surface area contributed by atoms with Gasteiger partial charge >= 0.3 is 0 Å². The fourth-order valence-corrected chi connectivity index (χ4v) is 4.83. The number of carbonyl (C=O) groups is 1. The number of amides is 1. The van der Waals surface area contributed by atoms with E-state index in [9.17, 15) is 10.1 Å². The van der Waals surface area contributed by atoms with Gasteiger partial charge in [-0.1, -0.05) is 38.1 Å². The number of nitrogens with two attached hydrogens (primary N) is 1. The van der Waals surface area contributed by atoms with Crippen LogP contribution in [0.15, 0.2) is 78.5 Å². The summed E-state index contributed by atoms with van der Waals surface area (Å²) in [7, 11) is 0. The Bertz CT molecular complexity index is 1520. The van der Waals surface area contributed by atoms with Crippen LogP contribution in [-0.2, 0) is 11.3 Å². The van der Waals surface area contributed by atoms with Crippen molar-refractivity contribution in [1.82, 2.24) is 19.4 Å². The number of hydrogen-bond acceptors (Lipinski definition) is 6. The number of nitrogens with zero attached hydrogens (tertiary/aromatic N) is 5. The first-order valence-electron chi connectivity index (χ1n) is 12.8. The number of rotatable bonds is 7. The number of nitriles is 1. The van der Waals surface area contributed by atoms with E-state index in [1.165, 1.54) is 0 Å². The van der Waals surface area contributed by atoms with Gasteiger partial charge in [-0.15, -0.1) is 0 Å². The third-order valence-electron chi connectivity index (χ3n) is 6.64. The summed E-state index contributed by atoms with van der Waals surface area (Å²) >= 11 is 0. The Balaban J connectivity index is 1.39. The van der Waals surface area contributed by atoms with Gasteiger partial charge in [0.15, 0.2) is 5.82 Å². The smallest absolute Gasteiger partial charge is 0.264 e. The number of ether oxygens (including phenoxy) is 1. The molecule has 4 aromatic rings. The molecule has 1 aliphatic heterocycles. The number of anilines is 1. The molecule has 0 bridgehead atoms. The molecule has 5 rings (SSSR count). The van der Waals surface area contributed by atoms with Crippen LogP contribution in [0, 0.1) is 17.2 Å². The van der Waals surface area contributed by atoms with E-state index in [-0.39, 0.29) is 23.4 Å². The second-order valence-electron chi connectivity index (χ2n) is 9.81. The summed E-state index contributed by atoms with van der Waals surface area (Å²) in [6.45, 7) is 5.13. The normalized spacial score (nSPS) is 15.7. The lowest BCUT2D eigenvalue weighted by atomic mass is 10.1. The molecular formula is C30H30N6O2. The van der Waals surface area contributed by atoms with Gasteiger partial charge in [0.1, 0.15) is 34.6 Å². The van der Waals surface area contributed by atoms with E-state index in [4.69, 9.17) is 15.5 Å². The van der Waals surface area contributed by atoms with Gasteiger partial charge in [0.2, 0.25) is 0 Å². The van der Waals surface area contributed by atoms with Gasteiger partial charge in [0.25, 0.3) is 5.91 Å². The van der Waals surface area contributed by atoms with Crippen molar-refractivity contribution in [2.24, 2.45) is 5.92 Å². The van der Waals surface area contributed by atoms with Crippen LogP contribution in [0.3, 0.4) is 0 Å². The van der Waals surface area contributed by atoms with Crippen molar-refractivity contribution >= 4 is 22.8 Å². The van der Waals surface area contributed by atoms with Crippen LogP contribution in [0.25, 0.3) is 22.4 Å². The van der Waals surface area contributed by atoms with E-state index in [0.717, 1.165) is 35.2 Å². The van der Waals surface area contributed by atoms with E-state index < -0.39 is 0 Å². The highest BCUT2D eigenvalue weighted by atomic mass is 16.5. The van der Waals surface area contributed by atoms with E-state index >= 15 is 0 Å². The predicted molar refractivity (Wildman–Crippen MR) is 147 cm³/mol. The Morgan fingerprint density at radius 1 is 1.13 bits per heavy atom. The molecule has 8 nitrogen and oxygen atoms in total. The minimum Gasteiger partial charge on any atom is -0.457 e. The van der Waals surface area contributed by atoms with E-state index in [0.29, 0.717) is 30.5 Å². The molecular weight excluding hydrogens is 476 g/mol. The summed E-state index contributed by atoms with van der Waals surface area (Å²) in [6.07, 6.45) is 5.43. The first-order chi connectivity index (χ1) is 18.4. The van der Waals surface area contributed by atoms with Crippen molar-refractivity contribution in [3.05, 3.63) is 78.5 Å². The maximum absolute atomic E-state index is 13.1. The van der Waals surface area contributed by atoms with Crippen molar-refractivity contribution in [1.29, 1.82) is 5.26 Å². The lowest BCUT2D eigenvalue weighted by Crippen LogP contribution is -2.38. The summed E-state index contributed by atoms with van der Waals surface area (Å²) < 4.78 is 7.92. The molecule has 8 heteroatoms. The fourth-order valence-electron chi connectivity index (χ4n) is 4.83. The molecule has 0 radical (unpaired) electrons. The van der Waals surface area contributed by atoms with E-state index in [2.05, 4.69) is 11.1 Å². The van der Waals surface area contributed by atoms with Crippen molar-refractivity contribution < 1.29 is 9.53 Å². The molecule has 2 aromatic carbocycles. The molecule has 2 N–H and O–H groups in total. The second-order valence-corrected chi connectivity index (χ2v) is 9.81. The zero-order valence-electron chi connectivity index (χ0n) is 21.5. The Morgan fingerprint density at radius 3 is 2.58 bits per heavy atom. The fraction of sp³-hybridized carbons (Fsp3) is 0.267. The minimum atomic E-state index is -0.201.